The second-order valence-electron chi connectivity index (χ2n) is 5.79. The average molecular weight is 386 g/mol. The van der Waals surface area contributed by atoms with Gasteiger partial charge >= 0.3 is 7.82 Å². The number of fused-ring (bicyclic) bond motifs is 1. The Labute approximate surface area is 149 Å². The molecule has 1 unspecified atom stereocenters. The number of aromatic hydroxyl groups is 2. The summed E-state index contributed by atoms with van der Waals surface area (Å²) in [5.74, 6) is -0.895. The number of hydrogen-bond donors (Lipinski definition) is 5. The topological polar surface area (TPSA) is 119 Å². The number of phenols is 2. The number of rotatable bonds is 3. The predicted octanol–water partition coefficient (Wildman–Crippen LogP) is 2.50. The van der Waals surface area contributed by atoms with Gasteiger partial charge in [-0.2, -0.15) is 0 Å². The Balaban J connectivity index is 2.14. The van der Waals surface area contributed by atoms with Gasteiger partial charge in [0.15, 0.2) is 11.5 Å². The zero-order valence-electron chi connectivity index (χ0n) is 13.0. The summed E-state index contributed by atoms with van der Waals surface area (Å²) in [6.45, 7) is 1.20. The molecule has 1 aliphatic heterocycles. The third-order valence-corrected chi connectivity index (χ3v) is 4.97. The second-order valence-corrected chi connectivity index (χ2v) is 7.33. The number of phosphoric acid groups is 1. The molecule has 1 atom stereocenters. The van der Waals surface area contributed by atoms with Gasteiger partial charge in [-0.05, 0) is 47.9 Å². The first-order chi connectivity index (χ1) is 11.8. The van der Waals surface area contributed by atoms with Crippen LogP contribution in [0, 0.1) is 0 Å². The number of nitrogens with one attached hydrogen (secondary N) is 1. The number of halogens is 1. The second kappa shape index (κ2) is 6.86. The van der Waals surface area contributed by atoms with E-state index in [2.05, 4.69) is 9.84 Å². The van der Waals surface area contributed by atoms with Crippen molar-refractivity contribution in [1.29, 1.82) is 0 Å². The third-order valence-electron chi connectivity index (χ3n) is 4.13. The molecule has 9 heteroatoms. The molecule has 0 spiro atoms. The first kappa shape index (κ1) is 18.0. The highest BCUT2D eigenvalue weighted by atomic mass is 35.5. The van der Waals surface area contributed by atoms with Gasteiger partial charge in [0.2, 0.25) is 0 Å². The lowest BCUT2D eigenvalue weighted by molar-refractivity contribution is 0.277. The van der Waals surface area contributed by atoms with E-state index in [4.69, 9.17) is 21.4 Å². The standard InChI is InChI=1S/C16H17ClNO6P/c17-15-11-5-6-18-8-13(9-1-3-10(19)4-2-9)12(11)7-14(16(15)20)24-25(21,22)23/h1-4,7,13,18-20H,5-6,8H2,(H2,21,22,23). The van der Waals surface area contributed by atoms with Crippen LogP contribution in [0.1, 0.15) is 22.6 Å². The van der Waals surface area contributed by atoms with Crippen molar-refractivity contribution in [1.82, 2.24) is 5.32 Å². The highest BCUT2D eigenvalue weighted by molar-refractivity contribution is 7.46. The van der Waals surface area contributed by atoms with E-state index in [0.29, 0.717) is 30.6 Å². The van der Waals surface area contributed by atoms with E-state index >= 15 is 0 Å². The summed E-state index contributed by atoms with van der Waals surface area (Å²) in [6, 6.07) is 8.08. The Bertz CT molecular complexity index is 836. The highest BCUT2D eigenvalue weighted by Crippen LogP contribution is 2.48. The summed E-state index contributed by atoms with van der Waals surface area (Å²) in [5.41, 5.74) is 2.29. The van der Waals surface area contributed by atoms with Gasteiger partial charge in [-0.15, -0.1) is 0 Å². The van der Waals surface area contributed by atoms with Crippen LogP contribution < -0.4 is 9.84 Å². The Hall–Kier alpha value is -1.76. The van der Waals surface area contributed by atoms with Gasteiger partial charge in [-0.1, -0.05) is 23.7 Å². The maximum absolute atomic E-state index is 11.2. The van der Waals surface area contributed by atoms with Crippen LogP contribution in [-0.2, 0) is 11.0 Å². The molecule has 1 heterocycles. The molecule has 0 aromatic heterocycles. The fourth-order valence-corrected chi connectivity index (χ4v) is 3.70. The van der Waals surface area contributed by atoms with Crippen LogP contribution in [0.25, 0.3) is 0 Å². The maximum Gasteiger partial charge on any atom is 0.524 e. The van der Waals surface area contributed by atoms with Gasteiger partial charge in [-0.3, -0.25) is 9.79 Å². The van der Waals surface area contributed by atoms with E-state index in [0.717, 1.165) is 5.56 Å². The molecule has 0 saturated heterocycles. The van der Waals surface area contributed by atoms with Crippen molar-refractivity contribution in [3.63, 3.8) is 0 Å². The summed E-state index contributed by atoms with van der Waals surface area (Å²) < 4.78 is 15.8. The van der Waals surface area contributed by atoms with Crippen molar-refractivity contribution >= 4 is 19.4 Å². The minimum Gasteiger partial charge on any atom is -0.508 e. The summed E-state index contributed by atoms with van der Waals surface area (Å²) in [7, 11) is -4.85. The fraction of sp³-hybridized carbons (Fsp3) is 0.250. The zero-order valence-corrected chi connectivity index (χ0v) is 14.7. The fourth-order valence-electron chi connectivity index (χ4n) is 3.01. The van der Waals surface area contributed by atoms with Crippen LogP contribution in [0.4, 0.5) is 0 Å². The van der Waals surface area contributed by atoms with Crippen LogP contribution in [0.2, 0.25) is 5.02 Å². The van der Waals surface area contributed by atoms with E-state index in [9.17, 15) is 14.8 Å². The molecule has 1 aliphatic rings. The van der Waals surface area contributed by atoms with Crippen molar-refractivity contribution in [3.05, 3.63) is 52.0 Å². The molecule has 0 radical (unpaired) electrons. The number of hydrogen-bond acceptors (Lipinski definition) is 5. The zero-order chi connectivity index (χ0) is 18.2. The van der Waals surface area contributed by atoms with Gasteiger partial charge in [0.25, 0.3) is 0 Å². The minimum absolute atomic E-state index is 0.0217. The first-order valence-electron chi connectivity index (χ1n) is 7.55. The van der Waals surface area contributed by atoms with Crippen LogP contribution >= 0.6 is 19.4 Å². The average Bonchev–Trinajstić information content (AvgIpc) is 2.74. The van der Waals surface area contributed by atoms with Crippen LogP contribution in [0.15, 0.2) is 30.3 Å². The van der Waals surface area contributed by atoms with Crippen molar-refractivity contribution in [3.8, 4) is 17.2 Å². The minimum atomic E-state index is -4.85. The molecular formula is C16H17ClNO6P. The molecule has 7 nitrogen and oxygen atoms in total. The van der Waals surface area contributed by atoms with Crippen LogP contribution in [0.5, 0.6) is 17.2 Å². The maximum atomic E-state index is 11.2. The normalized spacial score (nSPS) is 17.6. The summed E-state index contributed by atoms with van der Waals surface area (Å²) in [6.07, 6.45) is 0.548. The Morgan fingerprint density at radius 2 is 1.88 bits per heavy atom. The monoisotopic (exact) mass is 385 g/mol. The van der Waals surface area contributed by atoms with E-state index in [1.807, 2.05) is 0 Å². The molecule has 0 bridgehead atoms. The molecular weight excluding hydrogens is 369 g/mol. The van der Waals surface area contributed by atoms with Crippen molar-refractivity contribution in [2.75, 3.05) is 13.1 Å². The molecule has 0 fully saturated rings. The van der Waals surface area contributed by atoms with Gasteiger partial charge < -0.3 is 20.1 Å². The Kier molecular flexibility index (Phi) is 4.95. The van der Waals surface area contributed by atoms with Crippen LogP contribution in [-0.4, -0.2) is 33.1 Å². The van der Waals surface area contributed by atoms with E-state index in [1.165, 1.54) is 6.07 Å². The van der Waals surface area contributed by atoms with Crippen molar-refractivity contribution in [2.45, 2.75) is 12.3 Å². The summed E-state index contributed by atoms with van der Waals surface area (Å²) >= 11 is 6.24. The van der Waals surface area contributed by atoms with E-state index < -0.39 is 13.6 Å². The van der Waals surface area contributed by atoms with Gasteiger partial charge in [-0.25, -0.2) is 4.57 Å². The molecule has 0 amide bonds. The SMILES string of the molecule is O=P(O)(O)Oc1cc2c(c(Cl)c1O)CCNCC2c1ccc(O)cc1. The highest BCUT2D eigenvalue weighted by Gasteiger charge is 2.28. The molecule has 5 N–H and O–H groups in total. The number of benzene rings is 2. The lowest BCUT2D eigenvalue weighted by Crippen LogP contribution is -2.20. The molecule has 134 valence electrons. The largest absolute Gasteiger partial charge is 0.524 e. The number of phosphoric ester groups is 1. The molecule has 2 aromatic carbocycles. The molecule has 25 heavy (non-hydrogen) atoms. The molecule has 3 rings (SSSR count). The third kappa shape index (κ3) is 3.92. The van der Waals surface area contributed by atoms with E-state index in [1.54, 1.807) is 24.3 Å². The lowest BCUT2D eigenvalue weighted by atomic mass is 9.87. The smallest absolute Gasteiger partial charge is 0.508 e. The Morgan fingerprint density at radius 1 is 1.20 bits per heavy atom. The lowest BCUT2D eigenvalue weighted by Gasteiger charge is -2.21. The summed E-state index contributed by atoms with van der Waals surface area (Å²) in [5, 5.41) is 22.9. The predicted molar refractivity (Wildman–Crippen MR) is 92.3 cm³/mol. The van der Waals surface area contributed by atoms with Gasteiger partial charge in [0.05, 0.1) is 5.02 Å². The summed E-state index contributed by atoms with van der Waals surface area (Å²) in [4.78, 5) is 18.1. The Morgan fingerprint density at radius 3 is 2.52 bits per heavy atom. The molecule has 0 saturated carbocycles. The van der Waals surface area contributed by atoms with Crippen molar-refractivity contribution in [2.24, 2.45) is 0 Å². The first-order valence-corrected chi connectivity index (χ1v) is 9.46. The number of phenolic OH excluding ortho intramolecular Hbond substituents is 2. The van der Waals surface area contributed by atoms with E-state index in [-0.39, 0.29) is 22.4 Å². The quantitative estimate of drug-likeness (QED) is 0.515. The molecule has 0 aliphatic carbocycles. The van der Waals surface area contributed by atoms with Crippen molar-refractivity contribution < 1.29 is 29.1 Å². The van der Waals surface area contributed by atoms with Gasteiger partial charge in [0, 0.05) is 12.5 Å². The van der Waals surface area contributed by atoms with Gasteiger partial charge in [0.1, 0.15) is 5.75 Å². The van der Waals surface area contributed by atoms with Crippen LogP contribution in [0.3, 0.4) is 0 Å². The molecule has 2 aromatic rings.